The van der Waals surface area contributed by atoms with Crippen LogP contribution in [-0.4, -0.2) is 59.1 Å². The summed E-state index contributed by atoms with van der Waals surface area (Å²) in [5.74, 6) is 1.68. The molecule has 8 nitrogen and oxygen atoms in total. The van der Waals surface area contributed by atoms with Gasteiger partial charge in [0.2, 0.25) is 10.0 Å². The van der Waals surface area contributed by atoms with E-state index in [0.29, 0.717) is 6.54 Å². The molecule has 0 atom stereocenters. The highest BCUT2D eigenvalue weighted by molar-refractivity contribution is 7.89. The predicted octanol–water partition coefficient (Wildman–Crippen LogP) is 1.63. The molecule has 1 fully saturated rings. The maximum atomic E-state index is 11.6. The van der Waals surface area contributed by atoms with Gasteiger partial charge in [0.15, 0.2) is 5.96 Å². The molecule has 0 saturated carbocycles. The molecular weight excluding hydrogens is 402 g/mol. The number of benzene rings is 2. The van der Waals surface area contributed by atoms with Crippen molar-refractivity contribution in [3.05, 3.63) is 54.1 Å². The molecule has 0 spiro atoms. The van der Waals surface area contributed by atoms with E-state index in [0.717, 1.165) is 50.0 Å². The van der Waals surface area contributed by atoms with Gasteiger partial charge in [0.25, 0.3) is 0 Å². The molecule has 0 aromatic heterocycles. The van der Waals surface area contributed by atoms with Gasteiger partial charge in [-0.25, -0.2) is 18.5 Å². The second kappa shape index (κ2) is 9.82. The number of nitrogens with zero attached hydrogens (tertiary/aromatic N) is 3. The van der Waals surface area contributed by atoms with Crippen LogP contribution in [-0.2, 0) is 16.6 Å². The lowest BCUT2D eigenvalue weighted by Crippen LogP contribution is -2.52. The van der Waals surface area contributed by atoms with E-state index < -0.39 is 10.0 Å². The van der Waals surface area contributed by atoms with Crippen LogP contribution in [0.1, 0.15) is 12.5 Å². The molecule has 9 heteroatoms. The highest BCUT2D eigenvalue weighted by Crippen LogP contribution is 2.20. The van der Waals surface area contributed by atoms with Gasteiger partial charge in [0.1, 0.15) is 5.75 Å². The number of methoxy groups -OCH3 is 1. The summed E-state index contributed by atoms with van der Waals surface area (Å²) in [5, 5.41) is 8.56. The zero-order valence-electron chi connectivity index (χ0n) is 17.4. The Balaban J connectivity index is 1.65. The Morgan fingerprint density at radius 1 is 1.13 bits per heavy atom. The molecule has 0 unspecified atom stereocenters. The number of nitrogens with one attached hydrogen (secondary N) is 1. The number of piperazine rings is 1. The number of ether oxygens (including phenoxy) is 1. The van der Waals surface area contributed by atoms with Gasteiger partial charge in [-0.15, -0.1) is 0 Å². The van der Waals surface area contributed by atoms with Crippen LogP contribution in [0.25, 0.3) is 0 Å². The van der Waals surface area contributed by atoms with Crippen LogP contribution in [0, 0.1) is 0 Å². The highest BCUT2D eigenvalue weighted by atomic mass is 32.2. The summed E-state index contributed by atoms with van der Waals surface area (Å²) in [6, 6.07) is 14.7. The van der Waals surface area contributed by atoms with Gasteiger partial charge < -0.3 is 19.9 Å². The Morgan fingerprint density at radius 2 is 1.83 bits per heavy atom. The van der Waals surface area contributed by atoms with Crippen LogP contribution in [0.15, 0.2) is 58.4 Å². The minimum Gasteiger partial charge on any atom is -0.497 e. The smallest absolute Gasteiger partial charge is 0.238 e. The van der Waals surface area contributed by atoms with E-state index in [4.69, 9.17) is 14.9 Å². The molecule has 3 N–H and O–H groups in total. The zero-order chi connectivity index (χ0) is 21.6. The second-order valence-corrected chi connectivity index (χ2v) is 8.60. The van der Waals surface area contributed by atoms with Crippen LogP contribution >= 0.6 is 0 Å². The fourth-order valence-corrected chi connectivity index (χ4v) is 3.97. The van der Waals surface area contributed by atoms with Gasteiger partial charge in [0.05, 0.1) is 18.6 Å². The van der Waals surface area contributed by atoms with Crippen molar-refractivity contribution in [3.63, 3.8) is 0 Å². The fraction of sp³-hybridized carbons (Fsp3) is 0.381. The number of aliphatic imine (C=N–C) groups is 1. The van der Waals surface area contributed by atoms with Crippen molar-refractivity contribution in [3.8, 4) is 5.75 Å². The first-order valence-electron chi connectivity index (χ1n) is 9.94. The fourth-order valence-electron chi connectivity index (χ4n) is 3.38. The van der Waals surface area contributed by atoms with Crippen molar-refractivity contribution in [2.45, 2.75) is 18.4 Å². The molecular formula is C21H29N5O3S. The first-order chi connectivity index (χ1) is 14.4. The van der Waals surface area contributed by atoms with Crippen LogP contribution in [0.5, 0.6) is 5.75 Å². The van der Waals surface area contributed by atoms with E-state index in [2.05, 4.69) is 27.2 Å². The van der Waals surface area contributed by atoms with Crippen LogP contribution in [0.4, 0.5) is 5.69 Å². The second-order valence-electron chi connectivity index (χ2n) is 7.03. The largest absolute Gasteiger partial charge is 0.497 e. The summed E-state index contributed by atoms with van der Waals surface area (Å²) >= 11 is 0. The number of primary sulfonamides is 1. The minimum absolute atomic E-state index is 0.105. The van der Waals surface area contributed by atoms with Gasteiger partial charge in [-0.3, -0.25) is 0 Å². The number of nitrogens with two attached hydrogens (primary N) is 1. The third-order valence-electron chi connectivity index (χ3n) is 4.99. The zero-order valence-corrected chi connectivity index (χ0v) is 18.2. The number of hydrogen-bond acceptors (Lipinski definition) is 5. The lowest BCUT2D eigenvalue weighted by atomic mass is 10.2. The SMILES string of the molecule is CCNC(=NCc1cccc(S(N)(=O)=O)c1)N1CCN(c2ccc(OC)cc2)CC1. The number of hydrogen-bond donors (Lipinski definition) is 2. The van der Waals surface area contributed by atoms with Gasteiger partial charge in [-0.2, -0.15) is 0 Å². The molecule has 162 valence electrons. The monoisotopic (exact) mass is 431 g/mol. The Kier molecular flexibility index (Phi) is 7.17. The Hall–Kier alpha value is -2.78. The van der Waals surface area contributed by atoms with Gasteiger partial charge in [-0.1, -0.05) is 12.1 Å². The molecule has 1 aliphatic rings. The molecule has 0 bridgehead atoms. The van der Waals surface area contributed by atoms with Crippen molar-refractivity contribution < 1.29 is 13.2 Å². The predicted molar refractivity (Wildman–Crippen MR) is 119 cm³/mol. The summed E-state index contributed by atoms with van der Waals surface area (Å²) in [6.07, 6.45) is 0. The first-order valence-corrected chi connectivity index (χ1v) is 11.5. The maximum Gasteiger partial charge on any atom is 0.238 e. The van der Waals surface area contributed by atoms with E-state index in [1.807, 2.05) is 25.1 Å². The summed E-state index contributed by atoms with van der Waals surface area (Å²) in [5.41, 5.74) is 1.98. The van der Waals surface area contributed by atoms with E-state index >= 15 is 0 Å². The van der Waals surface area contributed by atoms with Gasteiger partial charge >= 0.3 is 0 Å². The molecule has 0 amide bonds. The van der Waals surface area contributed by atoms with E-state index in [1.165, 1.54) is 11.8 Å². The maximum absolute atomic E-state index is 11.6. The molecule has 30 heavy (non-hydrogen) atoms. The van der Waals surface area contributed by atoms with Crippen molar-refractivity contribution in [2.24, 2.45) is 10.1 Å². The van der Waals surface area contributed by atoms with Gasteiger partial charge in [0, 0.05) is 38.4 Å². The highest BCUT2D eigenvalue weighted by Gasteiger charge is 2.20. The summed E-state index contributed by atoms with van der Waals surface area (Å²) in [4.78, 5) is 9.39. The number of anilines is 1. The van der Waals surface area contributed by atoms with E-state index in [-0.39, 0.29) is 4.90 Å². The van der Waals surface area contributed by atoms with Crippen molar-refractivity contribution in [1.82, 2.24) is 10.2 Å². The topological polar surface area (TPSA) is 100 Å². The third-order valence-corrected chi connectivity index (χ3v) is 5.90. The standard InChI is InChI=1S/C21H29N5O3S/c1-3-23-21(24-16-17-5-4-6-20(15-17)30(22,27)28)26-13-11-25(12-14-26)18-7-9-19(29-2)10-8-18/h4-10,15H,3,11-14,16H2,1-2H3,(H,23,24)(H2,22,27,28). The van der Waals surface area contributed by atoms with Crippen molar-refractivity contribution in [2.75, 3.05) is 44.7 Å². The Labute approximate surface area is 178 Å². The van der Waals surface area contributed by atoms with Crippen LogP contribution in [0.2, 0.25) is 0 Å². The molecule has 2 aromatic carbocycles. The first kappa shape index (κ1) is 21.9. The lowest BCUT2D eigenvalue weighted by Gasteiger charge is -2.37. The number of sulfonamides is 1. The molecule has 0 radical (unpaired) electrons. The number of guanidine groups is 1. The third kappa shape index (κ3) is 5.64. The van der Waals surface area contributed by atoms with E-state index in [1.54, 1.807) is 19.2 Å². The van der Waals surface area contributed by atoms with Crippen LogP contribution < -0.4 is 20.1 Å². The average molecular weight is 432 g/mol. The number of rotatable bonds is 6. The summed E-state index contributed by atoms with van der Waals surface area (Å²) in [6.45, 7) is 6.63. The summed E-state index contributed by atoms with van der Waals surface area (Å²) < 4.78 is 28.4. The molecule has 1 heterocycles. The Morgan fingerprint density at radius 3 is 2.43 bits per heavy atom. The van der Waals surface area contributed by atoms with Crippen molar-refractivity contribution >= 4 is 21.7 Å². The normalized spacial score (nSPS) is 15.2. The minimum atomic E-state index is -3.72. The molecule has 3 rings (SSSR count). The lowest BCUT2D eigenvalue weighted by molar-refractivity contribution is 0.372. The molecule has 0 aliphatic carbocycles. The summed E-state index contributed by atoms with van der Waals surface area (Å²) in [7, 11) is -2.05. The van der Waals surface area contributed by atoms with Gasteiger partial charge in [-0.05, 0) is 48.9 Å². The molecule has 1 aliphatic heterocycles. The van der Waals surface area contributed by atoms with Crippen LogP contribution in [0.3, 0.4) is 0 Å². The molecule has 1 saturated heterocycles. The Bertz CT molecular complexity index is 968. The quantitative estimate of drug-likeness (QED) is 0.533. The van der Waals surface area contributed by atoms with E-state index in [9.17, 15) is 8.42 Å². The average Bonchev–Trinajstić information content (AvgIpc) is 2.76. The molecule has 2 aromatic rings. The van der Waals surface area contributed by atoms with Crippen molar-refractivity contribution in [1.29, 1.82) is 0 Å².